The molecule has 4 heteroatoms. The Labute approximate surface area is 110 Å². The molecule has 0 bridgehead atoms. The van der Waals surface area contributed by atoms with Gasteiger partial charge in [0.1, 0.15) is 0 Å². The summed E-state index contributed by atoms with van der Waals surface area (Å²) < 4.78 is 0. The van der Waals surface area contributed by atoms with Gasteiger partial charge in [-0.05, 0) is 57.8 Å². The SMILES string of the molecule is [CH]1CCN(CCCCCNc2ncccn2)CC1. The van der Waals surface area contributed by atoms with Crippen molar-refractivity contribution < 1.29 is 0 Å². The first-order valence-electron chi connectivity index (χ1n) is 7.00. The maximum atomic E-state index is 4.14. The van der Waals surface area contributed by atoms with E-state index in [0.717, 1.165) is 12.5 Å². The van der Waals surface area contributed by atoms with Crippen LogP contribution in [0.1, 0.15) is 32.1 Å². The van der Waals surface area contributed by atoms with Gasteiger partial charge in [-0.3, -0.25) is 0 Å². The molecule has 0 amide bonds. The summed E-state index contributed by atoms with van der Waals surface area (Å²) in [5.41, 5.74) is 0. The zero-order valence-electron chi connectivity index (χ0n) is 11.0. The van der Waals surface area contributed by atoms with E-state index < -0.39 is 0 Å². The van der Waals surface area contributed by atoms with Crippen molar-refractivity contribution in [1.29, 1.82) is 0 Å². The summed E-state index contributed by atoms with van der Waals surface area (Å²) in [6.07, 6.45) is 12.3. The summed E-state index contributed by atoms with van der Waals surface area (Å²) in [6.45, 7) is 4.75. The molecule has 1 N–H and O–H groups in total. The third-order valence-electron chi connectivity index (χ3n) is 3.30. The van der Waals surface area contributed by atoms with Crippen molar-refractivity contribution in [3.8, 4) is 0 Å². The maximum absolute atomic E-state index is 4.14. The summed E-state index contributed by atoms with van der Waals surface area (Å²) in [6, 6.07) is 1.83. The van der Waals surface area contributed by atoms with Gasteiger partial charge in [0.25, 0.3) is 0 Å². The van der Waals surface area contributed by atoms with Gasteiger partial charge in [-0.1, -0.05) is 6.42 Å². The molecule has 4 nitrogen and oxygen atoms in total. The Hall–Kier alpha value is -1.16. The third kappa shape index (κ3) is 5.00. The monoisotopic (exact) mass is 247 g/mol. The number of anilines is 1. The first-order valence-corrected chi connectivity index (χ1v) is 7.00. The van der Waals surface area contributed by atoms with Gasteiger partial charge < -0.3 is 10.2 Å². The highest BCUT2D eigenvalue weighted by molar-refractivity contribution is 5.21. The van der Waals surface area contributed by atoms with E-state index in [1.807, 2.05) is 6.07 Å². The van der Waals surface area contributed by atoms with Crippen LogP contribution in [0.25, 0.3) is 0 Å². The molecule has 1 aliphatic rings. The van der Waals surface area contributed by atoms with Crippen LogP contribution in [0.4, 0.5) is 5.95 Å². The summed E-state index contributed by atoms with van der Waals surface area (Å²) in [5, 5.41) is 3.24. The van der Waals surface area contributed by atoms with Crippen LogP contribution in [0.2, 0.25) is 0 Å². The predicted octanol–water partition coefficient (Wildman–Crippen LogP) is 2.36. The fourth-order valence-electron chi connectivity index (χ4n) is 2.26. The molecule has 1 fully saturated rings. The van der Waals surface area contributed by atoms with E-state index in [1.54, 1.807) is 12.4 Å². The normalized spacial score (nSPS) is 16.7. The molecule has 0 aromatic carbocycles. The molecule has 1 aliphatic heterocycles. The van der Waals surface area contributed by atoms with Crippen molar-refractivity contribution in [3.05, 3.63) is 24.9 Å². The Morgan fingerprint density at radius 2 is 1.83 bits per heavy atom. The first-order chi connectivity index (χ1) is 8.95. The van der Waals surface area contributed by atoms with E-state index >= 15 is 0 Å². The minimum Gasteiger partial charge on any atom is -0.354 e. The topological polar surface area (TPSA) is 41.0 Å². The molecule has 0 atom stereocenters. The average Bonchev–Trinajstić information content (AvgIpc) is 2.45. The number of nitrogens with one attached hydrogen (secondary N) is 1. The van der Waals surface area contributed by atoms with Crippen LogP contribution in [-0.4, -0.2) is 41.0 Å². The molecule has 0 unspecified atom stereocenters. The molecule has 1 aromatic rings. The molecule has 0 saturated carbocycles. The number of nitrogens with zero attached hydrogens (tertiary/aromatic N) is 3. The summed E-state index contributed by atoms with van der Waals surface area (Å²) in [4.78, 5) is 10.8. The second kappa shape index (κ2) is 8.03. The van der Waals surface area contributed by atoms with Crippen LogP contribution in [0.3, 0.4) is 0 Å². The van der Waals surface area contributed by atoms with Crippen LogP contribution in [0.5, 0.6) is 0 Å². The average molecular weight is 247 g/mol. The van der Waals surface area contributed by atoms with Crippen LogP contribution >= 0.6 is 0 Å². The molecule has 99 valence electrons. The van der Waals surface area contributed by atoms with Crippen LogP contribution in [0.15, 0.2) is 18.5 Å². The fraction of sp³-hybridized carbons (Fsp3) is 0.643. The van der Waals surface area contributed by atoms with Gasteiger partial charge >= 0.3 is 0 Å². The van der Waals surface area contributed by atoms with Gasteiger partial charge in [-0.15, -0.1) is 0 Å². The number of unbranched alkanes of at least 4 members (excludes halogenated alkanes) is 2. The third-order valence-corrected chi connectivity index (χ3v) is 3.30. The van der Waals surface area contributed by atoms with Gasteiger partial charge in [-0.2, -0.15) is 0 Å². The molecular formula is C14H23N4. The number of aromatic nitrogens is 2. The standard InChI is InChI=1S/C14H23N4/c1(4-11-18-12-5-2-6-13-18)3-8-15-14-16-9-7-10-17-14/h2,7,9-10H,1,3-6,8,11-13H2,(H,15,16,17). The maximum Gasteiger partial charge on any atom is 0.222 e. The molecular weight excluding hydrogens is 224 g/mol. The van der Waals surface area contributed by atoms with Crippen LogP contribution in [0, 0.1) is 6.42 Å². The summed E-state index contributed by atoms with van der Waals surface area (Å²) >= 11 is 0. The zero-order chi connectivity index (χ0) is 12.5. The smallest absolute Gasteiger partial charge is 0.222 e. The lowest BCUT2D eigenvalue weighted by Crippen LogP contribution is -2.30. The lowest BCUT2D eigenvalue weighted by Gasteiger charge is -2.26. The van der Waals surface area contributed by atoms with E-state index in [4.69, 9.17) is 0 Å². The Balaban J connectivity index is 1.46. The molecule has 1 radical (unpaired) electrons. The van der Waals surface area contributed by atoms with E-state index in [1.165, 1.54) is 51.7 Å². The van der Waals surface area contributed by atoms with Crippen molar-refractivity contribution in [2.45, 2.75) is 32.1 Å². The second-order valence-electron chi connectivity index (χ2n) is 4.77. The fourth-order valence-corrected chi connectivity index (χ4v) is 2.26. The second-order valence-corrected chi connectivity index (χ2v) is 4.77. The number of rotatable bonds is 7. The zero-order valence-corrected chi connectivity index (χ0v) is 11.0. The number of hydrogen-bond donors (Lipinski definition) is 1. The molecule has 2 rings (SSSR count). The summed E-state index contributed by atoms with van der Waals surface area (Å²) in [7, 11) is 0. The Morgan fingerprint density at radius 1 is 1.06 bits per heavy atom. The Bertz CT molecular complexity index is 309. The highest BCUT2D eigenvalue weighted by Gasteiger charge is 2.08. The molecule has 1 aromatic heterocycles. The Morgan fingerprint density at radius 3 is 2.61 bits per heavy atom. The lowest BCUT2D eigenvalue weighted by molar-refractivity contribution is 0.249. The van der Waals surface area contributed by atoms with Crippen molar-refractivity contribution in [2.75, 3.05) is 31.5 Å². The molecule has 0 spiro atoms. The van der Waals surface area contributed by atoms with Gasteiger partial charge in [0.15, 0.2) is 0 Å². The first kappa shape index (κ1) is 13.3. The van der Waals surface area contributed by atoms with E-state index in [0.29, 0.717) is 0 Å². The van der Waals surface area contributed by atoms with Crippen LogP contribution < -0.4 is 5.32 Å². The largest absolute Gasteiger partial charge is 0.354 e. The highest BCUT2D eigenvalue weighted by atomic mass is 15.1. The molecule has 1 saturated heterocycles. The molecule has 0 aliphatic carbocycles. The lowest BCUT2D eigenvalue weighted by atomic mass is 10.1. The highest BCUT2D eigenvalue weighted by Crippen LogP contribution is 2.09. The minimum absolute atomic E-state index is 0.740. The van der Waals surface area contributed by atoms with Crippen molar-refractivity contribution in [3.63, 3.8) is 0 Å². The predicted molar refractivity (Wildman–Crippen MR) is 74.3 cm³/mol. The van der Waals surface area contributed by atoms with Crippen LogP contribution in [-0.2, 0) is 0 Å². The van der Waals surface area contributed by atoms with Gasteiger partial charge in [-0.25, -0.2) is 9.97 Å². The number of hydrogen-bond acceptors (Lipinski definition) is 4. The van der Waals surface area contributed by atoms with E-state index in [9.17, 15) is 0 Å². The quantitative estimate of drug-likeness (QED) is 0.751. The van der Waals surface area contributed by atoms with E-state index in [2.05, 4.69) is 26.6 Å². The number of likely N-dealkylation sites (tertiary alicyclic amines) is 1. The number of piperidine rings is 1. The Kier molecular flexibility index (Phi) is 5.92. The van der Waals surface area contributed by atoms with Gasteiger partial charge in [0, 0.05) is 18.9 Å². The van der Waals surface area contributed by atoms with Crippen molar-refractivity contribution >= 4 is 5.95 Å². The minimum atomic E-state index is 0.740. The van der Waals surface area contributed by atoms with Gasteiger partial charge in [0.2, 0.25) is 5.95 Å². The molecule has 2 heterocycles. The van der Waals surface area contributed by atoms with Gasteiger partial charge in [0.05, 0.1) is 0 Å². The summed E-state index contributed by atoms with van der Waals surface area (Å²) in [5.74, 6) is 0.740. The van der Waals surface area contributed by atoms with Crippen molar-refractivity contribution in [1.82, 2.24) is 14.9 Å². The van der Waals surface area contributed by atoms with E-state index in [-0.39, 0.29) is 0 Å². The van der Waals surface area contributed by atoms with Crippen molar-refractivity contribution in [2.24, 2.45) is 0 Å². The molecule has 18 heavy (non-hydrogen) atoms.